The van der Waals surface area contributed by atoms with Crippen LogP contribution in [0, 0.1) is 5.41 Å². The van der Waals surface area contributed by atoms with Crippen molar-refractivity contribution in [2.75, 3.05) is 25.4 Å². The van der Waals surface area contributed by atoms with Gasteiger partial charge in [0.25, 0.3) is 0 Å². The van der Waals surface area contributed by atoms with E-state index in [2.05, 4.69) is 5.32 Å². The first-order valence-corrected chi connectivity index (χ1v) is 10.1. The molecule has 6 nitrogen and oxygen atoms in total. The van der Waals surface area contributed by atoms with Crippen molar-refractivity contribution < 1.29 is 19.5 Å². The van der Waals surface area contributed by atoms with Crippen LogP contribution in [-0.2, 0) is 16.0 Å². The molecule has 1 aromatic carbocycles. The molecule has 0 spiro atoms. The molecular weight excluding hydrogens is 364 g/mol. The van der Waals surface area contributed by atoms with Crippen LogP contribution in [0.4, 0.5) is 4.79 Å². The van der Waals surface area contributed by atoms with Gasteiger partial charge < -0.3 is 15.3 Å². The van der Waals surface area contributed by atoms with Crippen molar-refractivity contribution in [3.63, 3.8) is 0 Å². The molecule has 0 saturated carbocycles. The Balaban J connectivity index is 2.59. The first kappa shape index (κ1) is 23.0. The summed E-state index contributed by atoms with van der Waals surface area (Å²) in [6.45, 7) is 6.85. The minimum Gasteiger partial charge on any atom is -0.481 e. The highest BCUT2D eigenvalue weighted by atomic mass is 32.2. The summed E-state index contributed by atoms with van der Waals surface area (Å²) in [5.74, 6) is -0.278. The van der Waals surface area contributed by atoms with Crippen LogP contribution >= 0.6 is 11.8 Å². The Bertz CT molecular complexity index is 620. The lowest BCUT2D eigenvalue weighted by Crippen LogP contribution is -2.45. The van der Waals surface area contributed by atoms with Crippen molar-refractivity contribution in [1.29, 1.82) is 0 Å². The number of benzene rings is 1. The molecule has 0 aromatic heterocycles. The minimum atomic E-state index is -0.833. The van der Waals surface area contributed by atoms with E-state index in [9.17, 15) is 14.4 Å². The fourth-order valence-electron chi connectivity index (χ4n) is 2.48. The lowest BCUT2D eigenvalue weighted by molar-refractivity contribution is -0.137. The second kappa shape index (κ2) is 11.6. The molecule has 150 valence electrons. The molecule has 0 aliphatic rings. The number of amides is 2. The Morgan fingerprint density at radius 2 is 1.81 bits per heavy atom. The van der Waals surface area contributed by atoms with Crippen molar-refractivity contribution in [1.82, 2.24) is 10.2 Å². The number of thioether (sulfide) groups is 1. The standard InChI is InChI=1S/C20H30N2O4S/c1-16(23)27-14-13-22(12-10-17-7-5-4-6-8-17)19(26)21-15-20(2,3)11-9-18(24)25/h4-8H,9-15H2,1-3H3,(H,21,26)(H,24,25). The summed E-state index contributed by atoms with van der Waals surface area (Å²) < 4.78 is 0. The molecule has 2 N–H and O–H groups in total. The van der Waals surface area contributed by atoms with Crippen LogP contribution in [0.1, 0.15) is 39.2 Å². The number of nitrogens with one attached hydrogen (secondary N) is 1. The lowest BCUT2D eigenvalue weighted by atomic mass is 9.88. The number of carboxylic acid groups (broad SMARTS) is 1. The number of carbonyl (C=O) groups is 3. The second-order valence-corrected chi connectivity index (χ2v) is 8.55. The van der Waals surface area contributed by atoms with E-state index in [1.165, 1.54) is 18.7 Å². The van der Waals surface area contributed by atoms with Crippen LogP contribution in [0.2, 0.25) is 0 Å². The molecule has 1 aromatic rings. The van der Waals surface area contributed by atoms with Gasteiger partial charge in [-0.15, -0.1) is 0 Å². The molecule has 0 aliphatic carbocycles. The minimum absolute atomic E-state index is 0.0354. The predicted octanol–water partition coefficient (Wildman–Crippen LogP) is 3.41. The van der Waals surface area contributed by atoms with Crippen LogP contribution in [-0.4, -0.2) is 52.5 Å². The SMILES string of the molecule is CC(=O)SCCN(CCc1ccccc1)C(=O)NCC(C)(C)CCC(=O)O. The molecule has 0 atom stereocenters. The molecule has 2 amide bonds. The Morgan fingerprint density at radius 3 is 2.41 bits per heavy atom. The van der Waals surface area contributed by atoms with Crippen LogP contribution in [0.25, 0.3) is 0 Å². The first-order valence-electron chi connectivity index (χ1n) is 9.11. The second-order valence-electron chi connectivity index (χ2n) is 7.28. The third-order valence-electron chi connectivity index (χ3n) is 4.20. The molecule has 0 aliphatic heterocycles. The van der Waals surface area contributed by atoms with Crippen LogP contribution in [0.3, 0.4) is 0 Å². The smallest absolute Gasteiger partial charge is 0.317 e. The lowest BCUT2D eigenvalue weighted by Gasteiger charge is -2.28. The van der Waals surface area contributed by atoms with Crippen LogP contribution < -0.4 is 5.32 Å². The van der Waals surface area contributed by atoms with Gasteiger partial charge in [0.2, 0.25) is 0 Å². The third kappa shape index (κ3) is 10.7. The molecule has 0 radical (unpaired) electrons. The maximum absolute atomic E-state index is 12.6. The van der Waals surface area contributed by atoms with Crippen LogP contribution in [0.15, 0.2) is 30.3 Å². The van der Waals surface area contributed by atoms with E-state index in [-0.39, 0.29) is 23.0 Å². The van der Waals surface area contributed by atoms with E-state index in [1.54, 1.807) is 4.90 Å². The average molecular weight is 395 g/mol. The van der Waals surface area contributed by atoms with Gasteiger partial charge in [-0.2, -0.15) is 0 Å². The number of hydrogen-bond acceptors (Lipinski definition) is 4. The highest BCUT2D eigenvalue weighted by Crippen LogP contribution is 2.21. The van der Waals surface area contributed by atoms with Gasteiger partial charge in [0.1, 0.15) is 0 Å². The number of carbonyl (C=O) groups excluding carboxylic acids is 2. The fourth-order valence-corrected chi connectivity index (χ4v) is 3.08. The molecule has 27 heavy (non-hydrogen) atoms. The molecular formula is C20H30N2O4S. The summed E-state index contributed by atoms with van der Waals surface area (Å²) >= 11 is 1.21. The van der Waals surface area contributed by atoms with Crippen molar-refractivity contribution in [2.24, 2.45) is 5.41 Å². The molecule has 0 saturated heterocycles. The van der Waals surface area contributed by atoms with E-state index >= 15 is 0 Å². The van der Waals surface area contributed by atoms with Gasteiger partial charge >= 0.3 is 12.0 Å². The number of hydrogen-bond donors (Lipinski definition) is 2. The Hall–Kier alpha value is -2.02. The third-order valence-corrected chi connectivity index (χ3v) is 4.99. The highest BCUT2D eigenvalue weighted by molar-refractivity contribution is 8.13. The highest BCUT2D eigenvalue weighted by Gasteiger charge is 2.22. The number of rotatable bonds is 11. The van der Waals surface area contributed by atoms with Gasteiger partial charge in [-0.1, -0.05) is 55.9 Å². The zero-order valence-corrected chi connectivity index (χ0v) is 17.2. The summed E-state index contributed by atoms with van der Waals surface area (Å²) in [5, 5.41) is 11.8. The summed E-state index contributed by atoms with van der Waals surface area (Å²) in [5.41, 5.74) is 0.851. The van der Waals surface area contributed by atoms with E-state index in [0.29, 0.717) is 31.8 Å². The van der Waals surface area contributed by atoms with Gasteiger partial charge in [-0.05, 0) is 23.8 Å². The van der Waals surface area contributed by atoms with E-state index < -0.39 is 5.97 Å². The summed E-state index contributed by atoms with van der Waals surface area (Å²) in [6, 6.07) is 9.76. The fraction of sp³-hybridized carbons (Fsp3) is 0.550. The maximum Gasteiger partial charge on any atom is 0.317 e. The summed E-state index contributed by atoms with van der Waals surface area (Å²) in [4.78, 5) is 36.3. The topological polar surface area (TPSA) is 86.7 Å². The largest absolute Gasteiger partial charge is 0.481 e. The van der Waals surface area contributed by atoms with Gasteiger partial charge in [0.15, 0.2) is 5.12 Å². The zero-order valence-electron chi connectivity index (χ0n) is 16.4. The monoisotopic (exact) mass is 394 g/mol. The number of carboxylic acids is 1. The molecule has 0 unspecified atom stereocenters. The van der Waals surface area contributed by atoms with Gasteiger partial charge in [0, 0.05) is 38.7 Å². The molecule has 7 heteroatoms. The number of aliphatic carboxylic acids is 1. The van der Waals surface area contributed by atoms with Gasteiger partial charge in [-0.3, -0.25) is 9.59 Å². The molecule has 0 bridgehead atoms. The Morgan fingerprint density at radius 1 is 1.15 bits per heavy atom. The normalized spacial score (nSPS) is 11.1. The van der Waals surface area contributed by atoms with Gasteiger partial charge in [0.05, 0.1) is 0 Å². The number of urea groups is 1. The summed E-state index contributed by atoms with van der Waals surface area (Å²) in [7, 11) is 0. The molecule has 1 rings (SSSR count). The molecule has 0 fully saturated rings. The first-order chi connectivity index (χ1) is 12.7. The van der Waals surface area contributed by atoms with E-state index in [0.717, 1.165) is 12.0 Å². The van der Waals surface area contributed by atoms with Crippen molar-refractivity contribution >= 4 is 28.9 Å². The Kier molecular flexibility index (Phi) is 9.93. The predicted molar refractivity (Wildman–Crippen MR) is 109 cm³/mol. The van der Waals surface area contributed by atoms with Crippen LogP contribution in [0.5, 0.6) is 0 Å². The van der Waals surface area contributed by atoms with Crippen molar-refractivity contribution in [3.05, 3.63) is 35.9 Å². The maximum atomic E-state index is 12.6. The zero-order chi connectivity index (χ0) is 20.3. The molecule has 0 heterocycles. The average Bonchev–Trinajstić information content (AvgIpc) is 2.61. The van der Waals surface area contributed by atoms with Crippen molar-refractivity contribution in [2.45, 2.75) is 40.0 Å². The van der Waals surface area contributed by atoms with E-state index in [4.69, 9.17) is 5.11 Å². The number of nitrogens with zero attached hydrogens (tertiary/aromatic N) is 1. The Labute approximate surface area is 165 Å². The quantitative estimate of drug-likeness (QED) is 0.601. The van der Waals surface area contributed by atoms with Gasteiger partial charge in [-0.25, -0.2) is 4.79 Å². The van der Waals surface area contributed by atoms with E-state index in [1.807, 2.05) is 44.2 Å². The summed E-state index contributed by atoms with van der Waals surface area (Å²) in [6.07, 6.45) is 1.31. The van der Waals surface area contributed by atoms with Crippen molar-refractivity contribution in [3.8, 4) is 0 Å².